The van der Waals surface area contributed by atoms with E-state index >= 15 is 0 Å². The predicted octanol–water partition coefficient (Wildman–Crippen LogP) is 4.25. The molecule has 0 aliphatic rings. The van der Waals surface area contributed by atoms with E-state index in [2.05, 4.69) is 20.7 Å². The molecule has 0 unspecified atom stereocenters. The van der Waals surface area contributed by atoms with Gasteiger partial charge in [-0.25, -0.2) is 0 Å². The van der Waals surface area contributed by atoms with Crippen molar-refractivity contribution in [2.45, 2.75) is 0 Å². The van der Waals surface area contributed by atoms with Gasteiger partial charge in [-0.15, -0.1) is 10.2 Å². The lowest BCUT2D eigenvalue weighted by atomic mass is 10.1. The number of anilines is 1. The summed E-state index contributed by atoms with van der Waals surface area (Å²) in [5.41, 5.74) is 6.23. The SMILES string of the molecule is COc1ccc(/C=N/Nc2cc(Cl)nnc2-c2ccccc2)cc1. The minimum absolute atomic E-state index is 0.303. The van der Waals surface area contributed by atoms with Gasteiger partial charge in [-0.2, -0.15) is 5.10 Å². The summed E-state index contributed by atoms with van der Waals surface area (Å²) in [6.45, 7) is 0. The number of nitrogens with zero attached hydrogens (tertiary/aromatic N) is 3. The van der Waals surface area contributed by atoms with Crippen LogP contribution in [0.2, 0.25) is 5.15 Å². The van der Waals surface area contributed by atoms with Crippen LogP contribution >= 0.6 is 11.6 Å². The molecule has 0 radical (unpaired) electrons. The lowest BCUT2D eigenvalue weighted by molar-refractivity contribution is 0.415. The van der Waals surface area contributed by atoms with Gasteiger partial charge in [0.05, 0.1) is 19.0 Å². The number of benzene rings is 2. The van der Waals surface area contributed by atoms with Crippen LogP contribution in [0.25, 0.3) is 11.3 Å². The fourth-order valence-corrected chi connectivity index (χ4v) is 2.28. The fraction of sp³-hybridized carbons (Fsp3) is 0.0556. The van der Waals surface area contributed by atoms with Crippen molar-refractivity contribution in [2.75, 3.05) is 12.5 Å². The van der Waals surface area contributed by atoms with Gasteiger partial charge in [-0.1, -0.05) is 41.9 Å². The Bertz CT molecular complexity index is 835. The highest BCUT2D eigenvalue weighted by Gasteiger charge is 2.08. The number of ether oxygens (including phenoxy) is 1. The number of nitrogens with one attached hydrogen (secondary N) is 1. The Hall–Kier alpha value is -2.92. The highest BCUT2D eigenvalue weighted by molar-refractivity contribution is 6.29. The highest BCUT2D eigenvalue weighted by atomic mass is 35.5. The third-order valence-electron chi connectivity index (χ3n) is 3.33. The minimum atomic E-state index is 0.303. The smallest absolute Gasteiger partial charge is 0.153 e. The average Bonchev–Trinajstić information content (AvgIpc) is 2.63. The van der Waals surface area contributed by atoms with Crippen LogP contribution in [0.5, 0.6) is 5.75 Å². The molecule has 0 atom stereocenters. The highest BCUT2D eigenvalue weighted by Crippen LogP contribution is 2.26. The molecule has 0 amide bonds. The first-order chi connectivity index (χ1) is 11.8. The molecule has 1 aromatic heterocycles. The monoisotopic (exact) mass is 338 g/mol. The summed E-state index contributed by atoms with van der Waals surface area (Å²) in [5, 5.41) is 12.6. The van der Waals surface area contributed by atoms with Gasteiger partial charge in [0.15, 0.2) is 5.15 Å². The van der Waals surface area contributed by atoms with Crippen molar-refractivity contribution >= 4 is 23.5 Å². The predicted molar refractivity (Wildman–Crippen MR) is 96.7 cm³/mol. The molecule has 0 spiro atoms. The molecule has 2 aromatic carbocycles. The lowest BCUT2D eigenvalue weighted by Crippen LogP contribution is -1.98. The van der Waals surface area contributed by atoms with Crippen molar-refractivity contribution in [1.29, 1.82) is 0 Å². The normalized spacial score (nSPS) is 10.8. The zero-order valence-corrected chi connectivity index (χ0v) is 13.7. The molecular weight excluding hydrogens is 324 g/mol. The lowest BCUT2D eigenvalue weighted by Gasteiger charge is -2.07. The zero-order chi connectivity index (χ0) is 16.8. The Labute approximate surface area is 145 Å². The number of hydrogen-bond acceptors (Lipinski definition) is 5. The summed E-state index contributed by atoms with van der Waals surface area (Å²) in [6, 6.07) is 19.0. The Balaban J connectivity index is 1.81. The topological polar surface area (TPSA) is 59.4 Å². The van der Waals surface area contributed by atoms with Gasteiger partial charge in [0.25, 0.3) is 0 Å². The van der Waals surface area contributed by atoms with Crippen LogP contribution in [-0.4, -0.2) is 23.5 Å². The maximum atomic E-state index is 5.95. The minimum Gasteiger partial charge on any atom is -0.497 e. The summed E-state index contributed by atoms with van der Waals surface area (Å²) in [6.07, 6.45) is 1.71. The van der Waals surface area contributed by atoms with Crippen LogP contribution in [0, 0.1) is 0 Å². The quantitative estimate of drug-likeness (QED) is 0.558. The first kappa shape index (κ1) is 16.0. The first-order valence-electron chi connectivity index (χ1n) is 7.28. The number of hydrazone groups is 1. The van der Waals surface area contributed by atoms with Crippen molar-refractivity contribution in [2.24, 2.45) is 5.10 Å². The maximum Gasteiger partial charge on any atom is 0.153 e. The van der Waals surface area contributed by atoms with Crippen LogP contribution in [0.3, 0.4) is 0 Å². The molecule has 3 rings (SSSR count). The Morgan fingerprint density at radius 2 is 1.79 bits per heavy atom. The van der Waals surface area contributed by atoms with Gasteiger partial charge in [-0.05, 0) is 29.8 Å². The van der Waals surface area contributed by atoms with E-state index in [1.165, 1.54) is 0 Å². The molecule has 24 heavy (non-hydrogen) atoms. The second kappa shape index (κ2) is 7.57. The van der Waals surface area contributed by atoms with Crippen LogP contribution in [0.1, 0.15) is 5.56 Å². The van der Waals surface area contributed by atoms with E-state index < -0.39 is 0 Å². The van der Waals surface area contributed by atoms with Crippen LogP contribution < -0.4 is 10.2 Å². The van der Waals surface area contributed by atoms with Crippen molar-refractivity contribution in [3.63, 3.8) is 0 Å². The molecular formula is C18H15ClN4O. The Kier molecular flexibility index (Phi) is 5.03. The van der Waals surface area contributed by atoms with E-state index in [4.69, 9.17) is 16.3 Å². The molecule has 0 bridgehead atoms. The standard InChI is InChI=1S/C18H15ClN4O/c1-24-15-9-7-13(8-10-15)12-20-21-16-11-17(19)22-23-18(16)14-5-3-2-4-6-14/h2-12H,1H3,(H,21,22)/b20-12+. The van der Waals surface area contributed by atoms with Crippen molar-refractivity contribution in [3.05, 3.63) is 71.4 Å². The summed E-state index contributed by atoms with van der Waals surface area (Å²) >= 11 is 5.95. The van der Waals surface area contributed by atoms with Gasteiger partial charge in [0.2, 0.25) is 0 Å². The molecule has 3 aromatic rings. The van der Waals surface area contributed by atoms with Gasteiger partial charge < -0.3 is 4.74 Å². The number of aromatic nitrogens is 2. The molecule has 0 aliphatic carbocycles. The summed E-state index contributed by atoms with van der Waals surface area (Å²) < 4.78 is 5.13. The van der Waals surface area contributed by atoms with Crippen LogP contribution in [0.15, 0.2) is 65.8 Å². The zero-order valence-electron chi connectivity index (χ0n) is 13.0. The van der Waals surface area contributed by atoms with Gasteiger partial charge >= 0.3 is 0 Å². The summed E-state index contributed by atoms with van der Waals surface area (Å²) in [5.74, 6) is 0.802. The summed E-state index contributed by atoms with van der Waals surface area (Å²) in [7, 11) is 1.63. The molecule has 5 nitrogen and oxygen atoms in total. The third kappa shape index (κ3) is 3.88. The number of methoxy groups -OCH3 is 1. The molecule has 1 N–H and O–H groups in total. The summed E-state index contributed by atoms with van der Waals surface area (Å²) in [4.78, 5) is 0. The van der Waals surface area contributed by atoms with Gasteiger partial charge in [0.1, 0.15) is 11.4 Å². The van der Waals surface area contributed by atoms with E-state index in [1.54, 1.807) is 19.4 Å². The second-order valence-corrected chi connectivity index (χ2v) is 5.33. The Morgan fingerprint density at radius 1 is 1.04 bits per heavy atom. The third-order valence-corrected chi connectivity index (χ3v) is 3.51. The van der Waals surface area contributed by atoms with Gasteiger partial charge in [0, 0.05) is 11.6 Å². The van der Waals surface area contributed by atoms with E-state index in [0.717, 1.165) is 16.9 Å². The molecule has 0 fully saturated rings. The van der Waals surface area contributed by atoms with Crippen LogP contribution in [-0.2, 0) is 0 Å². The van der Waals surface area contributed by atoms with E-state index in [0.29, 0.717) is 16.5 Å². The number of hydrogen-bond donors (Lipinski definition) is 1. The second-order valence-electron chi connectivity index (χ2n) is 4.94. The van der Waals surface area contributed by atoms with Crippen LogP contribution in [0.4, 0.5) is 5.69 Å². The van der Waals surface area contributed by atoms with E-state index in [-0.39, 0.29) is 0 Å². The van der Waals surface area contributed by atoms with Crippen molar-refractivity contribution in [3.8, 4) is 17.0 Å². The molecule has 0 saturated heterocycles. The largest absolute Gasteiger partial charge is 0.497 e. The van der Waals surface area contributed by atoms with E-state index in [9.17, 15) is 0 Å². The molecule has 0 aliphatic heterocycles. The van der Waals surface area contributed by atoms with Gasteiger partial charge in [-0.3, -0.25) is 5.43 Å². The fourth-order valence-electron chi connectivity index (χ4n) is 2.13. The maximum absolute atomic E-state index is 5.95. The molecule has 1 heterocycles. The molecule has 120 valence electrons. The number of rotatable bonds is 5. The van der Waals surface area contributed by atoms with E-state index in [1.807, 2.05) is 54.6 Å². The average molecular weight is 339 g/mol. The first-order valence-corrected chi connectivity index (χ1v) is 7.66. The molecule has 0 saturated carbocycles. The van der Waals surface area contributed by atoms with Crippen molar-refractivity contribution in [1.82, 2.24) is 10.2 Å². The molecule has 6 heteroatoms. The Morgan fingerprint density at radius 3 is 2.50 bits per heavy atom. The van der Waals surface area contributed by atoms with Crippen molar-refractivity contribution < 1.29 is 4.74 Å². The number of halogens is 1.